The number of pyridine rings is 2. The third kappa shape index (κ3) is 2.35. The standard InChI is InChI=1S/C20H14N2/c1-3-7-19-16(6-1)13-21-14-17(19)10-12-18-11-9-15-5-2-4-8-20(15)22-18/h1-14H/b12-10+. The van der Waals surface area contributed by atoms with Crippen LogP contribution in [-0.4, -0.2) is 9.97 Å². The number of rotatable bonds is 2. The Balaban J connectivity index is 1.75. The minimum Gasteiger partial charge on any atom is -0.263 e. The van der Waals surface area contributed by atoms with Crippen molar-refractivity contribution in [3.8, 4) is 0 Å². The third-order valence-electron chi connectivity index (χ3n) is 3.75. The zero-order valence-electron chi connectivity index (χ0n) is 12.0. The lowest BCUT2D eigenvalue weighted by molar-refractivity contribution is 1.35. The van der Waals surface area contributed by atoms with Crippen molar-refractivity contribution in [1.82, 2.24) is 9.97 Å². The van der Waals surface area contributed by atoms with Gasteiger partial charge in [-0.3, -0.25) is 4.98 Å². The fourth-order valence-electron chi connectivity index (χ4n) is 2.62. The lowest BCUT2D eigenvalue weighted by atomic mass is 10.1. The molecule has 2 heteroatoms. The van der Waals surface area contributed by atoms with E-state index in [1.807, 2.05) is 54.9 Å². The molecular weight excluding hydrogens is 268 g/mol. The van der Waals surface area contributed by atoms with E-state index in [-0.39, 0.29) is 0 Å². The van der Waals surface area contributed by atoms with Gasteiger partial charge in [-0.1, -0.05) is 54.6 Å². The molecule has 0 radical (unpaired) electrons. The minimum absolute atomic E-state index is 0.951. The molecule has 0 fully saturated rings. The van der Waals surface area contributed by atoms with Crippen LogP contribution in [0.5, 0.6) is 0 Å². The molecule has 0 N–H and O–H groups in total. The first kappa shape index (κ1) is 12.7. The van der Waals surface area contributed by atoms with Crippen LogP contribution >= 0.6 is 0 Å². The van der Waals surface area contributed by atoms with Gasteiger partial charge in [0, 0.05) is 28.7 Å². The van der Waals surface area contributed by atoms with Gasteiger partial charge >= 0.3 is 0 Å². The predicted octanol–water partition coefficient (Wildman–Crippen LogP) is 4.95. The number of para-hydroxylation sites is 1. The first-order valence-corrected chi connectivity index (χ1v) is 7.27. The summed E-state index contributed by atoms with van der Waals surface area (Å²) < 4.78 is 0. The van der Waals surface area contributed by atoms with E-state index in [1.54, 1.807) is 0 Å². The highest BCUT2D eigenvalue weighted by atomic mass is 14.7. The van der Waals surface area contributed by atoms with Crippen LogP contribution in [0.15, 0.2) is 73.1 Å². The molecule has 4 aromatic rings. The highest BCUT2D eigenvalue weighted by Gasteiger charge is 1.98. The van der Waals surface area contributed by atoms with Crippen molar-refractivity contribution in [1.29, 1.82) is 0 Å². The maximum Gasteiger partial charge on any atom is 0.0709 e. The summed E-state index contributed by atoms with van der Waals surface area (Å²) in [5, 5.41) is 3.51. The number of hydrogen-bond donors (Lipinski definition) is 0. The molecule has 0 aliphatic rings. The van der Waals surface area contributed by atoms with Crippen LogP contribution in [0.25, 0.3) is 33.8 Å². The Bertz CT molecular complexity index is 981. The molecule has 0 saturated heterocycles. The van der Waals surface area contributed by atoms with E-state index in [2.05, 4.69) is 40.3 Å². The molecule has 0 saturated carbocycles. The van der Waals surface area contributed by atoms with Crippen LogP contribution in [-0.2, 0) is 0 Å². The monoisotopic (exact) mass is 282 g/mol. The van der Waals surface area contributed by atoms with Crippen LogP contribution in [0.2, 0.25) is 0 Å². The summed E-state index contributed by atoms with van der Waals surface area (Å²) >= 11 is 0. The summed E-state index contributed by atoms with van der Waals surface area (Å²) in [4.78, 5) is 8.97. The summed E-state index contributed by atoms with van der Waals surface area (Å²) in [6, 6.07) is 20.6. The van der Waals surface area contributed by atoms with Crippen LogP contribution < -0.4 is 0 Å². The minimum atomic E-state index is 0.951. The van der Waals surface area contributed by atoms with Crippen molar-refractivity contribution in [2.24, 2.45) is 0 Å². The molecule has 22 heavy (non-hydrogen) atoms. The van der Waals surface area contributed by atoms with Gasteiger partial charge in [0.15, 0.2) is 0 Å². The van der Waals surface area contributed by atoms with Crippen molar-refractivity contribution in [2.75, 3.05) is 0 Å². The number of benzene rings is 2. The number of fused-ring (bicyclic) bond motifs is 2. The average Bonchev–Trinajstić information content (AvgIpc) is 2.60. The zero-order chi connectivity index (χ0) is 14.8. The van der Waals surface area contributed by atoms with Crippen LogP contribution in [0.1, 0.15) is 11.3 Å². The molecular formula is C20H14N2. The first-order valence-electron chi connectivity index (χ1n) is 7.27. The Hall–Kier alpha value is -3.00. The summed E-state index contributed by atoms with van der Waals surface area (Å²) in [6.07, 6.45) is 7.89. The van der Waals surface area contributed by atoms with Gasteiger partial charge in [-0.05, 0) is 23.6 Å². The molecule has 2 aromatic heterocycles. The van der Waals surface area contributed by atoms with Gasteiger partial charge in [-0.25, -0.2) is 4.98 Å². The fraction of sp³-hybridized carbons (Fsp3) is 0. The van der Waals surface area contributed by atoms with Crippen LogP contribution in [0.3, 0.4) is 0 Å². The average molecular weight is 282 g/mol. The van der Waals surface area contributed by atoms with E-state index in [0.717, 1.165) is 27.5 Å². The normalized spacial score (nSPS) is 11.5. The fourth-order valence-corrected chi connectivity index (χ4v) is 2.62. The lowest BCUT2D eigenvalue weighted by Crippen LogP contribution is -1.84. The summed E-state index contributed by atoms with van der Waals surface area (Å²) in [7, 11) is 0. The summed E-state index contributed by atoms with van der Waals surface area (Å²) in [6.45, 7) is 0. The summed E-state index contributed by atoms with van der Waals surface area (Å²) in [5.41, 5.74) is 3.07. The van der Waals surface area contributed by atoms with Crippen LogP contribution in [0, 0.1) is 0 Å². The molecule has 0 amide bonds. The molecule has 2 aromatic carbocycles. The second-order valence-corrected chi connectivity index (χ2v) is 5.21. The van der Waals surface area contributed by atoms with E-state index < -0.39 is 0 Å². The number of nitrogens with zero attached hydrogens (tertiary/aromatic N) is 2. The highest BCUT2D eigenvalue weighted by molar-refractivity contribution is 5.92. The lowest BCUT2D eigenvalue weighted by Gasteiger charge is -2.01. The largest absolute Gasteiger partial charge is 0.263 e. The Kier molecular flexibility index (Phi) is 3.13. The molecule has 104 valence electrons. The number of aromatic nitrogens is 2. The van der Waals surface area contributed by atoms with Crippen molar-refractivity contribution < 1.29 is 0 Å². The Morgan fingerprint density at radius 3 is 2.45 bits per heavy atom. The van der Waals surface area contributed by atoms with Crippen molar-refractivity contribution in [3.05, 3.63) is 84.3 Å². The molecule has 2 nitrogen and oxygen atoms in total. The van der Waals surface area contributed by atoms with Gasteiger partial charge in [0.05, 0.1) is 11.2 Å². The smallest absolute Gasteiger partial charge is 0.0709 e. The zero-order valence-corrected chi connectivity index (χ0v) is 12.0. The van der Waals surface area contributed by atoms with Crippen molar-refractivity contribution in [2.45, 2.75) is 0 Å². The topological polar surface area (TPSA) is 25.8 Å². The predicted molar refractivity (Wildman–Crippen MR) is 92.4 cm³/mol. The Morgan fingerprint density at radius 2 is 1.50 bits per heavy atom. The van der Waals surface area contributed by atoms with Crippen LogP contribution in [0.4, 0.5) is 0 Å². The molecule has 0 bridgehead atoms. The van der Waals surface area contributed by atoms with Gasteiger partial charge in [-0.2, -0.15) is 0 Å². The van der Waals surface area contributed by atoms with E-state index in [4.69, 9.17) is 0 Å². The van der Waals surface area contributed by atoms with E-state index in [1.165, 1.54) is 5.39 Å². The van der Waals surface area contributed by atoms with Crippen molar-refractivity contribution in [3.63, 3.8) is 0 Å². The Morgan fingerprint density at radius 1 is 0.682 bits per heavy atom. The van der Waals surface area contributed by atoms with Gasteiger partial charge in [0.2, 0.25) is 0 Å². The molecule has 0 atom stereocenters. The molecule has 0 aliphatic carbocycles. The Labute approximate surface area is 128 Å². The maximum atomic E-state index is 4.66. The molecule has 0 spiro atoms. The maximum absolute atomic E-state index is 4.66. The van der Waals surface area contributed by atoms with Crippen molar-refractivity contribution >= 4 is 33.8 Å². The highest BCUT2D eigenvalue weighted by Crippen LogP contribution is 2.19. The second kappa shape index (κ2) is 5.41. The van der Waals surface area contributed by atoms with E-state index >= 15 is 0 Å². The molecule has 4 rings (SSSR count). The molecule has 0 unspecified atom stereocenters. The SMILES string of the molecule is C(=C\c1cncc2ccccc12)/c1ccc2ccccc2n1. The quantitative estimate of drug-likeness (QED) is 0.519. The first-order chi connectivity index (χ1) is 10.9. The second-order valence-electron chi connectivity index (χ2n) is 5.21. The van der Waals surface area contributed by atoms with Gasteiger partial charge < -0.3 is 0 Å². The van der Waals surface area contributed by atoms with Gasteiger partial charge in [-0.15, -0.1) is 0 Å². The van der Waals surface area contributed by atoms with Gasteiger partial charge in [0.1, 0.15) is 0 Å². The van der Waals surface area contributed by atoms with Gasteiger partial charge in [0.25, 0.3) is 0 Å². The van der Waals surface area contributed by atoms with E-state index in [9.17, 15) is 0 Å². The molecule has 2 heterocycles. The third-order valence-corrected chi connectivity index (χ3v) is 3.75. The van der Waals surface area contributed by atoms with E-state index in [0.29, 0.717) is 0 Å². The molecule has 0 aliphatic heterocycles. The summed E-state index contributed by atoms with van der Waals surface area (Å²) in [5.74, 6) is 0. The number of hydrogen-bond acceptors (Lipinski definition) is 2.